The standard InChI is InChI=1S/C28H38ClN3O3/c29-24-11-5-1-7-21(24)18-31-25-12-6-4-10-23(25)27(34)32(28(31)35)17-19-13-15-20(16-14-19)26(33)30-22-8-2-3-9-22/h1,5,7,11,19-20,22-23,25H,2-4,6,8-10,12-18H2,(H,30,33). The van der Waals surface area contributed by atoms with Gasteiger partial charge in [0, 0.05) is 36.1 Å². The molecule has 6 nitrogen and oxygen atoms in total. The molecule has 4 fully saturated rings. The maximum atomic E-state index is 13.7. The van der Waals surface area contributed by atoms with Crippen LogP contribution in [0.5, 0.6) is 0 Å². The monoisotopic (exact) mass is 499 g/mol. The fourth-order valence-corrected chi connectivity index (χ4v) is 6.98. The highest BCUT2D eigenvalue weighted by Gasteiger charge is 2.47. The van der Waals surface area contributed by atoms with Crippen LogP contribution in [0.25, 0.3) is 0 Å². The van der Waals surface area contributed by atoms with Crippen LogP contribution in [0.15, 0.2) is 24.3 Å². The smallest absolute Gasteiger partial charge is 0.327 e. The summed E-state index contributed by atoms with van der Waals surface area (Å²) in [5.41, 5.74) is 0.926. The molecule has 2 atom stereocenters. The number of amides is 4. The van der Waals surface area contributed by atoms with Gasteiger partial charge in [0.15, 0.2) is 0 Å². The van der Waals surface area contributed by atoms with Crippen molar-refractivity contribution >= 4 is 29.4 Å². The number of urea groups is 1. The second-order valence-corrected chi connectivity index (χ2v) is 11.5. The van der Waals surface area contributed by atoms with Gasteiger partial charge in [-0.05, 0) is 68.9 Å². The van der Waals surface area contributed by atoms with Gasteiger partial charge in [-0.15, -0.1) is 0 Å². The molecule has 1 heterocycles. The van der Waals surface area contributed by atoms with E-state index in [4.69, 9.17) is 11.6 Å². The molecule has 0 spiro atoms. The molecule has 1 N–H and O–H groups in total. The first-order valence-electron chi connectivity index (χ1n) is 13.7. The van der Waals surface area contributed by atoms with Crippen LogP contribution in [0.4, 0.5) is 4.79 Å². The first kappa shape index (κ1) is 24.6. The third-order valence-corrected chi connectivity index (χ3v) is 9.22. The summed E-state index contributed by atoms with van der Waals surface area (Å²) in [5, 5.41) is 3.91. The van der Waals surface area contributed by atoms with Crippen molar-refractivity contribution in [1.82, 2.24) is 15.1 Å². The van der Waals surface area contributed by atoms with Crippen molar-refractivity contribution in [1.29, 1.82) is 0 Å². The molecule has 1 saturated heterocycles. The lowest BCUT2D eigenvalue weighted by atomic mass is 9.79. The minimum absolute atomic E-state index is 0.0104. The number of halogens is 1. The van der Waals surface area contributed by atoms with Crippen LogP contribution >= 0.6 is 11.6 Å². The largest absolute Gasteiger partial charge is 0.353 e. The maximum absolute atomic E-state index is 13.7. The molecule has 7 heteroatoms. The Labute approximate surface area is 213 Å². The minimum Gasteiger partial charge on any atom is -0.353 e. The van der Waals surface area contributed by atoms with Gasteiger partial charge in [0.2, 0.25) is 11.8 Å². The molecular formula is C28H38ClN3O3. The molecule has 0 radical (unpaired) electrons. The van der Waals surface area contributed by atoms with Crippen LogP contribution in [0.3, 0.4) is 0 Å². The van der Waals surface area contributed by atoms with Crippen LogP contribution in [0.1, 0.15) is 82.6 Å². The minimum atomic E-state index is -0.167. The summed E-state index contributed by atoms with van der Waals surface area (Å²) in [5.74, 6) is 0.435. The average Bonchev–Trinajstić information content (AvgIpc) is 3.39. The van der Waals surface area contributed by atoms with Crippen molar-refractivity contribution in [3.05, 3.63) is 34.9 Å². The molecule has 1 aromatic carbocycles. The van der Waals surface area contributed by atoms with Crippen LogP contribution in [-0.4, -0.2) is 46.3 Å². The number of imide groups is 1. The highest BCUT2D eigenvalue weighted by molar-refractivity contribution is 6.31. The summed E-state index contributed by atoms with van der Waals surface area (Å²) >= 11 is 6.43. The zero-order chi connectivity index (χ0) is 24.4. The van der Waals surface area contributed by atoms with E-state index in [0.717, 1.165) is 69.8 Å². The molecule has 3 aliphatic carbocycles. The highest BCUT2D eigenvalue weighted by Crippen LogP contribution is 2.38. The van der Waals surface area contributed by atoms with E-state index in [1.165, 1.54) is 17.7 Å². The molecular weight excluding hydrogens is 462 g/mol. The van der Waals surface area contributed by atoms with E-state index in [1.807, 2.05) is 29.2 Å². The lowest BCUT2D eigenvalue weighted by Gasteiger charge is -2.47. The van der Waals surface area contributed by atoms with Gasteiger partial charge in [0.05, 0.1) is 5.92 Å². The van der Waals surface area contributed by atoms with Crippen molar-refractivity contribution in [2.75, 3.05) is 6.54 Å². The number of rotatable bonds is 6. The van der Waals surface area contributed by atoms with Crippen LogP contribution in [0, 0.1) is 17.8 Å². The second-order valence-electron chi connectivity index (χ2n) is 11.1. The number of carbonyl (C=O) groups is 3. The summed E-state index contributed by atoms with van der Waals surface area (Å²) < 4.78 is 0. The topological polar surface area (TPSA) is 69.7 Å². The van der Waals surface area contributed by atoms with Gasteiger partial charge in [-0.2, -0.15) is 0 Å². The van der Waals surface area contributed by atoms with E-state index in [2.05, 4.69) is 5.32 Å². The second kappa shape index (κ2) is 10.9. The number of nitrogens with zero attached hydrogens (tertiary/aromatic N) is 2. The molecule has 0 bridgehead atoms. The Kier molecular flexibility index (Phi) is 7.66. The highest BCUT2D eigenvalue weighted by atomic mass is 35.5. The number of benzene rings is 1. The van der Waals surface area contributed by atoms with Gasteiger partial charge >= 0.3 is 6.03 Å². The van der Waals surface area contributed by atoms with Gasteiger partial charge in [-0.3, -0.25) is 14.5 Å². The zero-order valence-electron chi connectivity index (χ0n) is 20.6. The molecule has 2 unspecified atom stereocenters. The molecule has 5 rings (SSSR count). The van der Waals surface area contributed by atoms with Crippen LogP contribution < -0.4 is 5.32 Å². The third kappa shape index (κ3) is 5.37. The van der Waals surface area contributed by atoms with Crippen molar-refractivity contribution < 1.29 is 14.4 Å². The lowest BCUT2D eigenvalue weighted by Crippen LogP contribution is -2.62. The van der Waals surface area contributed by atoms with E-state index in [9.17, 15) is 14.4 Å². The number of carbonyl (C=O) groups excluding carboxylic acids is 3. The van der Waals surface area contributed by atoms with Crippen LogP contribution in [-0.2, 0) is 16.1 Å². The molecule has 3 saturated carbocycles. The summed E-state index contributed by atoms with van der Waals surface area (Å²) in [6.07, 6.45) is 11.9. The van der Waals surface area contributed by atoms with E-state index in [0.29, 0.717) is 24.2 Å². The molecule has 1 aliphatic heterocycles. The molecule has 4 aliphatic rings. The maximum Gasteiger partial charge on any atom is 0.327 e. The summed E-state index contributed by atoms with van der Waals surface area (Å²) in [4.78, 5) is 43.3. The Bertz CT molecular complexity index is 939. The number of hydrogen-bond acceptors (Lipinski definition) is 3. The van der Waals surface area contributed by atoms with Gasteiger partial charge in [-0.1, -0.05) is 55.5 Å². The molecule has 4 amide bonds. The van der Waals surface area contributed by atoms with Gasteiger partial charge in [-0.25, -0.2) is 4.79 Å². The molecule has 1 aromatic rings. The molecule has 0 aromatic heterocycles. The Balaban J connectivity index is 1.23. The third-order valence-electron chi connectivity index (χ3n) is 8.85. The summed E-state index contributed by atoms with van der Waals surface area (Å²) in [7, 11) is 0. The van der Waals surface area contributed by atoms with Crippen molar-refractivity contribution in [3.8, 4) is 0 Å². The Hall–Kier alpha value is -2.08. The van der Waals surface area contributed by atoms with E-state index in [-0.39, 0.29) is 41.6 Å². The van der Waals surface area contributed by atoms with Gasteiger partial charge in [0.1, 0.15) is 0 Å². The van der Waals surface area contributed by atoms with Gasteiger partial charge in [0.25, 0.3) is 0 Å². The van der Waals surface area contributed by atoms with Crippen molar-refractivity contribution in [3.63, 3.8) is 0 Å². The van der Waals surface area contributed by atoms with Gasteiger partial charge < -0.3 is 10.2 Å². The SMILES string of the molecule is O=C(NC1CCCC1)C1CCC(CN2C(=O)C3CCCCC3N(Cc3ccccc3Cl)C2=O)CC1. The summed E-state index contributed by atoms with van der Waals surface area (Å²) in [6.45, 7) is 0.911. The lowest BCUT2D eigenvalue weighted by molar-refractivity contribution is -0.142. The Morgan fingerprint density at radius 2 is 1.60 bits per heavy atom. The normalized spacial score (nSPS) is 29.9. The fourth-order valence-electron chi connectivity index (χ4n) is 6.78. The van der Waals surface area contributed by atoms with E-state index < -0.39 is 0 Å². The summed E-state index contributed by atoms with van der Waals surface area (Å²) in [6, 6.07) is 7.81. The predicted molar refractivity (Wildman–Crippen MR) is 136 cm³/mol. The zero-order valence-corrected chi connectivity index (χ0v) is 21.3. The average molecular weight is 500 g/mol. The number of nitrogens with one attached hydrogen (secondary N) is 1. The number of hydrogen-bond donors (Lipinski definition) is 1. The van der Waals surface area contributed by atoms with Crippen LogP contribution in [0.2, 0.25) is 5.02 Å². The van der Waals surface area contributed by atoms with Crippen molar-refractivity contribution in [2.24, 2.45) is 17.8 Å². The van der Waals surface area contributed by atoms with E-state index in [1.54, 1.807) is 0 Å². The quantitative estimate of drug-likeness (QED) is 0.559. The predicted octanol–water partition coefficient (Wildman–Crippen LogP) is 5.53. The molecule has 190 valence electrons. The Morgan fingerprint density at radius 3 is 2.34 bits per heavy atom. The van der Waals surface area contributed by atoms with Crippen molar-refractivity contribution in [2.45, 2.75) is 95.7 Å². The number of fused-ring (bicyclic) bond motifs is 1. The first-order chi connectivity index (χ1) is 17.0. The molecule has 35 heavy (non-hydrogen) atoms. The van der Waals surface area contributed by atoms with E-state index >= 15 is 0 Å². The fraction of sp³-hybridized carbons (Fsp3) is 0.679. The Morgan fingerprint density at radius 1 is 0.914 bits per heavy atom. The first-order valence-corrected chi connectivity index (χ1v) is 14.0.